The number of amides is 2. The van der Waals surface area contributed by atoms with Crippen LogP contribution in [0.2, 0.25) is 0 Å². The first-order valence-electron chi connectivity index (χ1n) is 12.5. The Balaban J connectivity index is 1.31. The van der Waals surface area contributed by atoms with Crippen LogP contribution in [0, 0.1) is 6.92 Å². The monoisotopic (exact) mass is 497 g/mol. The van der Waals surface area contributed by atoms with Crippen molar-refractivity contribution in [2.75, 3.05) is 31.1 Å². The zero-order valence-corrected chi connectivity index (χ0v) is 21.4. The molecule has 0 radical (unpaired) electrons. The van der Waals surface area contributed by atoms with Crippen LogP contribution in [0.3, 0.4) is 0 Å². The van der Waals surface area contributed by atoms with Gasteiger partial charge in [-0.15, -0.1) is 0 Å². The number of nitrogens with one attached hydrogen (secondary N) is 1. The summed E-state index contributed by atoms with van der Waals surface area (Å²) in [7, 11) is 0. The highest BCUT2D eigenvalue weighted by Gasteiger charge is 2.29. The molecule has 3 aromatic carbocycles. The maximum absolute atomic E-state index is 13.6. The number of fused-ring (bicyclic) bond motifs is 1. The second-order valence-electron chi connectivity index (χ2n) is 9.32. The SMILES string of the molecule is Cc1ccccc1CN1C(=O)/C(=C/c2ccc(C(=O)NCCN3CCCC3)cc2)Sc2ccccc21. The number of aryl methyl sites for hydroxylation is 1. The highest BCUT2D eigenvalue weighted by Crippen LogP contribution is 2.42. The molecule has 2 amide bonds. The van der Waals surface area contributed by atoms with E-state index in [1.54, 1.807) is 0 Å². The van der Waals surface area contributed by atoms with Crippen LogP contribution < -0.4 is 10.2 Å². The van der Waals surface area contributed by atoms with Crippen molar-refractivity contribution in [3.05, 3.63) is 100.0 Å². The van der Waals surface area contributed by atoms with Gasteiger partial charge in [0.1, 0.15) is 0 Å². The first-order chi connectivity index (χ1) is 17.6. The summed E-state index contributed by atoms with van der Waals surface area (Å²) < 4.78 is 0. The van der Waals surface area contributed by atoms with E-state index in [-0.39, 0.29) is 11.8 Å². The predicted molar refractivity (Wildman–Crippen MR) is 147 cm³/mol. The van der Waals surface area contributed by atoms with Crippen molar-refractivity contribution < 1.29 is 9.59 Å². The van der Waals surface area contributed by atoms with Gasteiger partial charge in [-0.3, -0.25) is 9.59 Å². The van der Waals surface area contributed by atoms with E-state index in [4.69, 9.17) is 0 Å². The lowest BCUT2D eigenvalue weighted by Crippen LogP contribution is -2.34. The smallest absolute Gasteiger partial charge is 0.265 e. The van der Waals surface area contributed by atoms with Gasteiger partial charge in [-0.1, -0.05) is 60.3 Å². The molecule has 0 aromatic heterocycles. The Labute approximate surface area is 217 Å². The van der Waals surface area contributed by atoms with Crippen LogP contribution in [-0.4, -0.2) is 42.9 Å². The molecule has 0 spiro atoms. The van der Waals surface area contributed by atoms with E-state index in [0.717, 1.165) is 41.3 Å². The lowest BCUT2D eigenvalue weighted by atomic mass is 10.1. The first-order valence-corrected chi connectivity index (χ1v) is 13.4. The van der Waals surface area contributed by atoms with Gasteiger partial charge in [0.15, 0.2) is 0 Å². The van der Waals surface area contributed by atoms with Crippen molar-refractivity contribution in [3.63, 3.8) is 0 Å². The summed E-state index contributed by atoms with van der Waals surface area (Å²) in [4.78, 5) is 32.1. The first kappa shape index (κ1) is 24.3. The average molecular weight is 498 g/mol. The number of para-hydroxylation sites is 1. The van der Waals surface area contributed by atoms with E-state index >= 15 is 0 Å². The number of carbonyl (C=O) groups is 2. The third kappa shape index (κ3) is 5.55. The fourth-order valence-electron chi connectivity index (χ4n) is 4.69. The van der Waals surface area contributed by atoms with Crippen LogP contribution in [0.5, 0.6) is 0 Å². The third-order valence-corrected chi connectivity index (χ3v) is 7.88. The summed E-state index contributed by atoms with van der Waals surface area (Å²) in [5.74, 6) is -0.0689. The zero-order valence-electron chi connectivity index (χ0n) is 20.6. The van der Waals surface area contributed by atoms with Gasteiger partial charge in [0.05, 0.1) is 17.1 Å². The van der Waals surface area contributed by atoms with Crippen LogP contribution in [0.25, 0.3) is 6.08 Å². The standard InChI is InChI=1S/C30H31N3O2S/c1-22-8-2-3-9-25(22)21-33-26-10-4-5-11-27(26)36-28(30(33)35)20-23-12-14-24(15-13-23)29(34)31-16-19-32-17-6-7-18-32/h2-5,8-15,20H,6-7,16-19,21H2,1H3,(H,31,34)/b28-20-. The molecule has 0 unspecified atom stereocenters. The molecule has 0 bridgehead atoms. The largest absolute Gasteiger partial charge is 0.351 e. The molecule has 1 fully saturated rings. The van der Waals surface area contributed by atoms with Gasteiger partial charge in [-0.25, -0.2) is 0 Å². The molecule has 0 saturated carbocycles. The Kier molecular flexibility index (Phi) is 7.54. The Morgan fingerprint density at radius 3 is 2.47 bits per heavy atom. The minimum absolute atomic E-state index is 0.00862. The topological polar surface area (TPSA) is 52.7 Å². The average Bonchev–Trinajstić information content (AvgIpc) is 3.41. The van der Waals surface area contributed by atoms with Gasteiger partial charge < -0.3 is 15.1 Å². The number of thioether (sulfide) groups is 1. The van der Waals surface area contributed by atoms with Crippen LogP contribution in [0.15, 0.2) is 82.6 Å². The molecule has 1 N–H and O–H groups in total. The van der Waals surface area contributed by atoms with E-state index in [9.17, 15) is 9.59 Å². The van der Waals surface area contributed by atoms with Crippen molar-refractivity contribution in [1.29, 1.82) is 0 Å². The Hall–Kier alpha value is -3.35. The van der Waals surface area contributed by atoms with Crippen LogP contribution in [-0.2, 0) is 11.3 Å². The molecule has 5 rings (SSSR count). The van der Waals surface area contributed by atoms with Gasteiger partial charge in [0, 0.05) is 23.5 Å². The van der Waals surface area contributed by atoms with Crippen LogP contribution in [0.1, 0.15) is 39.9 Å². The maximum atomic E-state index is 13.6. The second kappa shape index (κ2) is 11.1. The zero-order chi connectivity index (χ0) is 24.9. The lowest BCUT2D eigenvalue weighted by molar-refractivity contribution is -0.114. The summed E-state index contributed by atoms with van der Waals surface area (Å²) >= 11 is 1.50. The van der Waals surface area contributed by atoms with Gasteiger partial charge in [0.2, 0.25) is 0 Å². The highest BCUT2D eigenvalue weighted by molar-refractivity contribution is 8.04. The van der Waals surface area contributed by atoms with Gasteiger partial charge in [-0.05, 0) is 79.9 Å². The molecule has 0 atom stereocenters. The molecule has 2 heterocycles. The van der Waals surface area contributed by atoms with Crippen molar-refractivity contribution in [3.8, 4) is 0 Å². The fourth-order valence-corrected chi connectivity index (χ4v) is 5.75. The minimum Gasteiger partial charge on any atom is -0.351 e. The minimum atomic E-state index is -0.0603. The summed E-state index contributed by atoms with van der Waals surface area (Å²) in [6, 6.07) is 23.7. The molecule has 1 saturated heterocycles. The van der Waals surface area contributed by atoms with Crippen molar-refractivity contribution in [2.24, 2.45) is 0 Å². The van der Waals surface area contributed by atoms with E-state index in [2.05, 4.69) is 35.3 Å². The molecule has 2 aliphatic rings. The summed E-state index contributed by atoms with van der Waals surface area (Å²) in [6.45, 7) is 6.41. The Morgan fingerprint density at radius 1 is 0.972 bits per heavy atom. The number of rotatable bonds is 7. The molecule has 184 valence electrons. The van der Waals surface area contributed by atoms with Crippen LogP contribution >= 0.6 is 11.8 Å². The van der Waals surface area contributed by atoms with Crippen molar-refractivity contribution >= 4 is 35.3 Å². The number of hydrogen-bond donors (Lipinski definition) is 1. The molecule has 0 aliphatic carbocycles. The quantitative estimate of drug-likeness (QED) is 0.438. The number of nitrogens with zero attached hydrogens (tertiary/aromatic N) is 2. The highest BCUT2D eigenvalue weighted by atomic mass is 32.2. The third-order valence-electron chi connectivity index (χ3n) is 6.80. The molecule has 3 aromatic rings. The predicted octanol–water partition coefficient (Wildman–Crippen LogP) is 5.50. The second-order valence-corrected chi connectivity index (χ2v) is 10.4. The molecule has 2 aliphatic heterocycles. The number of likely N-dealkylation sites (tertiary alicyclic amines) is 1. The van der Waals surface area contributed by atoms with Crippen LogP contribution in [0.4, 0.5) is 5.69 Å². The van der Waals surface area contributed by atoms with Gasteiger partial charge >= 0.3 is 0 Å². The van der Waals surface area contributed by atoms with Crippen molar-refractivity contribution in [2.45, 2.75) is 31.2 Å². The van der Waals surface area contributed by atoms with E-state index in [0.29, 0.717) is 23.6 Å². The number of benzene rings is 3. The maximum Gasteiger partial charge on any atom is 0.265 e. The molecular formula is C30H31N3O2S. The number of carbonyl (C=O) groups excluding carboxylic acids is 2. The Morgan fingerprint density at radius 2 is 1.69 bits per heavy atom. The normalized spacial score (nSPS) is 16.9. The van der Waals surface area contributed by atoms with Crippen molar-refractivity contribution in [1.82, 2.24) is 10.2 Å². The summed E-state index contributed by atoms with van der Waals surface area (Å²) in [5.41, 5.74) is 4.77. The van der Waals surface area contributed by atoms with Gasteiger partial charge in [0.25, 0.3) is 11.8 Å². The van der Waals surface area contributed by atoms with E-state index in [1.165, 1.54) is 30.2 Å². The Bertz CT molecular complexity index is 1280. The molecular weight excluding hydrogens is 466 g/mol. The lowest BCUT2D eigenvalue weighted by Gasteiger charge is -2.31. The molecule has 36 heavy (non-hydrogen) atoms. The van der Waals surface area contributed by atoms with E-state index < -0.39 is 0 Å². The molecule has 6 heteroatoms. The fraction of sp³-hybridized carbons (Fsp3) is 0.267. The van der Waals surface area contributed by atoms with Gasteiger partial charge in [-0.2, -0.15) is 0 Å². The molecule has 5 nitrogen and oxygen atoms in total. The van der Waals surface area contributed by atoms with E-state index in [1.807, 2.05) is 65.6 Å². The summed E-state index contributed by atoms with van der Waals surface area (Å²) in [5, 5.41) is 3.02. The summed E-state index contributed by atoms with van der Waals surface area (Å²) in [6.07, 6.45) is 4.42. The number of hydrogen-bond acceptors (Lipinski definition) is 4. The number of anilines is 1.